The van der Waals surface area contributed by atoms with Crippen molar-refractivity contribution in [2.24, 2.45) is 0 Å². The van der Waals surface area contributed by atoms with Gasteiger partial charge in [-0.2, -0.15) is 0 Å². The molecule has 0 aliphatic carbocycles. The number of nitrogens with zero attached hydrogens (tertiary/aromatic N) is 3. The van der Waals surface area contributed by atoms with E-state index in [0.717, 1.165) is 39.7 Å². The third-order valence-electron chi connectivity index (χ3n) is 10.3. The summed E-state index contributed by atoms with van der Waals surface area (Å²) in [5.74, 6) is 0. The smallest absolute Gasteiger partial charge is 0.223 e. The first-order valence-electron chi connectivity index (χ1n) is 16.3. The third kappa shape index (κ3) is 4.36. The maximum absolute atomic E-state index is 14.0. The van der Waals surface area contributed by atoms with Crippen molar-refractivity contribution in [2.75, 3.05) is 9.80 Å². The Morgan fingerprint density at radius 3 is 1.33 bits per heavy atom. The van der Waals surface area contributed by atoms with Crippen LogP contribution in [0.15, 0.2) is 144 Å². The molecule has 238 valence electrons. The van der Waals surface area contributed by atoms with Crippen LogP contribution >= 0.6 is 0 Å². The highest BCUT2D eigenvalue weighted by molar-refractivity contribution is 7.91. The minimum absolute atomic E-state index is 0.0332. The van der Waals surface area contributed by atoms with Crippen LogP contribution in [0.5, 0.6) is 0 Å². The van der Waals surface area contributed by atoms with Crippen LogP contribution in [0.2, 0.25) is 0 Å². The van der Waals surface area contributed by atoms with Crippen LogP contribution in [-0.4, -0.2) is 13.4 Å². The lowest BCUT2D eigenvalue weighted by Gasteiger charge is -2.42. The summed E-state index contributed by atoms with van der Waals surface area (Å²) < 4.78 is 28.1. The van der Waals surface area contributed by atoms with E-state index < -0.39 is 9.84 Å². The number of pyridine rings is 1. The monoisotopic (exact) mass is 647 g/mol. The molecule has 1 aromatic heterocycles. The fourth-order valence-corrected chi connectivity index (χ4v) is 8.93. The summed E-state index contributed by atoms with van der Waals surface area (Å²) in [6.45, 7) is 11.0. The lowest BCUT2D eigenvalue weighted by Crippen LogP contribution is -2.30. The number of sulfone groups is 1. The first-order chi connectivity index (χ1) is 23.0. The molecule has 0 fully saturated rings. The van der Waals surface area contributed by atoms with E-state index in [1.54, 1.807) is 24.4 Å². The highest BCUT2D eigenvalue weighted by Gasteiger charge is 2.38. The van der Waals surface area contributed by atoms with Crippen molar-refractivity contribution >= 4 is 44.0 Å². The molecular weight excluding hydrogens is 611 g/mol. The second-order valence-corrected chi connectivity index (χ2v) is 15.7. The molecule has 48 heavy (non-hydrogen) atoms. The lowest BCUT2D eigenvalue weighted by atomic mass is 9.73. The average molecular weight is 648 g/mol. The van der Waals surface area contributed by atoms with Crippen molar-refractivity contribution < 1.29 is 8.42 Å². The Morgan fingerprint density at radius 2 is 0.917 bits per heavy atom. The van der Waals surface area contributed by atoms with E-state index in [0.29, 0.717) is 0 Å². The van der Waals surface area contributed by atoms with E-state index in [9.17, 15) is 8.42 Å². The zero-order valence-electron chi connectivity index (χ0n) is 27.8. The van der Waals surface area contributed by atoms with Crippen LogP contribution in [0, 0.1) is 6.92 Å². The number of anilines is 6. The molecule has 3 heterocycles. The predicted molar refractivity (Wildman–Crippen MR) is 194 cm³/mol. The molecule has 6 aromatic rings. The second-order valence-electron chi connectivity index (χ2n) is 13.8. The fourth-order valence-electron chi connectivity index (χ4n) is 7.68. The van der Waals surface area contributed by atoms with Gasteiger partial charge < -0.3 is 9.80 Å². The van der Waals surface area contributed by atoms with Crippen molar-refractivity contribution in [1.29, 1.82) is 0 Å². The number of aromatic nitrogens is 1. The number of aryl methyl sites for hydroxylation is 1. The molecular formula is C42H37N3O2S. The number of hydrogen-bond acceptors (Lipinski definition) is 5. The van der Waals surface area contributed by atoms with Crippen LogP contribution in [0.1, 0.15) is 55.5 Å². The van der Waals surface area contributed by atoms with Gasteiger partial charge in [-0.25, -0.2) is 13.4 Å². The topological polar surface area (TPSA) is 53.5 Å². The average Bonchev–Trinajstić information content (AvgIpc) is 3.09. The standard InChI is InChI=1S/C42H37N3O2S/c1-28-26-40(43-27-39(28)45-37-20-12-8-16-33(37)42(4,5)34-17-9-13-21-38(34)45)48(46,47)30-24-22-29(23-25-30)44-35-18-10-6-14-31(35)41(2,3)32-15-7-11-19-36(32)44/h6-27H,1-5H3. The molecule has 0 saturated carbocycles. The maximum Gasteiger partial charge on any atom is 0.223 e. The molecule has 0 unspecified atom stereocenters. The highest BCUT2D eigenvalue weighted by atomic mass is 32.2. The minimum atomic E-state index is -3.88. The molecule has 0 spiro atoms. The van der Waals surface area contributed by atoms with Gasteiger partial charge >= 0.3 is 0 Å². The van der Waals surface area contributed by atoms with E-state index in [-0.39, 0.29) is 20.8 Å². The SMILES string of the molecule is Cc1cc(S(=O)(=O)c2ccc(N3c4ccccc4C(C)(C)c4ccccc43)cc2)ncc1N1c2ccccc2C(C)(C)c2ccccc21. The van der Waals surface area contributed by atoms with Gasteiger partial charge in [0.05, 0.1) is 39.5 Å². The van der Waals surface area contributed by atoms with Gasteiger partial charge in [-0.1, -0.05) is 100 Å². The van der Waals surface area contributed by atoms with Crippen LogP contribution in [0.4, 0.5) is 34.1 Å². The molecule has 0 atom stereocenters. The molecule has 0 amide bonds. The van der Waals surface area contributed by atoms with Crippen molar-refractivity contribution in [1.82, 2.24) is 4.98 Å². The molecule has 8 rings (SSSR count). The number of fused-ring (bicyclic) bond motifs is 4. The molecule has 5 aromatic carbocycles. The van der Waals surface area contributed by atoms with Gasteiger partial charge in [0.2, 0.25) is 9.84 Å². The Labute approximate surface area is 283 Å². The van der Waals surface area contributed by atoms with Crippen molar-refractivity contribution in [3.63, 3.8) is 0 Å². The van der Waals surface area contributed by atoms with Crippen LogP contribution in [0.3, 0.4) is 0 Å². The fraction of sp³-hybridized carbons (Fsp3) is 0.167. The normalized spacial score (nSPS) is 15.6. The summed E-state index contributed by atoms with van der Waals surface area (Å²) in [5, 5.41) is 0.0332. The van der Waals surface area contributed by atoms with Gasteiger partial charge in [0.25, 0.3) is 0 Å². The Kier molecular flexibility index (Phi) is 6.70. The molecule has 0 N–H and O–H groups in total. The predicted octanol–water partition coefficient (Wildman–Crippen LogP) is 10.4. The number of rotatable bonds is 4. The third-order valence-corrected chi connectivity index (χ3v) is 11.9. The highest BCUT2D eigenvalue weighted by Crippen LogP contribution is 2.53. The zero-order valence-corrected chi connectivity index (χ0v) is 28.6. The van der Waals surface area contributed by atoms with Crippen LogP contribution < -0.4 is 9.80 Å². The summed E-state index contributed by atoms with van der Waals surface area (Å²) in [4.78, 5) is 9.23. The van der Waals surface area contributed by atoms with Crippen LogP contribution in [0.25, 0.3) is 0 Å². The lowest BCUT2D eigenvalue weighted by molar-refractivity contribution is 0.592. The van der Waals surface area contributed by atoms with Gasteiger partial charge in [0, 0.05) is 16.5 Å². The van der Waals surface area contributed by atoms with Gasteiger partial charge in [0.1, 0.15) is 0 Å². The number of hydrogen-bond donors (Lipinski definition) is 0. The molecule has 6 heteroatoms. The van der Waals surface area contributed by atoms with Crippen molar-refractivity contribution in [3.8, 4) is 0 Å². The molecule has 2 aliphatic heterocycles. The van der Waals surface area contributed by atoms with E-state index >= 15 is 0 Å². The van der Waals surface area contributed by atoms with E-state index in [4.69, 9.17) is 0 Å². The molecule has 2 aliphatic rings. The minimum Gasteiger partial charge on any atom is -0.310 e. The van der Waals surface area contributed by atoms with Gasteiger partial charge in [-0.05, 0) is 89.3 Å². The van der Waals surface area contributed by atoms with Crippen LogP contribution in [-0.2, 0) is 20.7 Å². The summed E-state index contributed by atoms with van der Waals surface area (Å²) >= 11 is 0. The van der Waals surface area contributed by atoms with Crippen molar-refractivity contribution in [2.45, 2.75) is 55.4 Å². The number of para-hydroxylation sites is 4. The Hall–Kier alpha value is -5.20. The molecule has 0 bridgehead atoms. The summed E-state index contributed by atoms with van der Waals surface area (Å²) in [6.07, 6.45) is 1.70. The van der Waals surface area contributed by atoms with E-state index in [2.05, 4.69) is 115 Å². The first-order valence-corrected chi connectivity index (χ1v) is 17.8. The summed E-state index contributed by atoms with van der Waals surface area (Å²) in [7, 11) is -3.88. The first kappa shape index (κ1) is 30.2. The van der Waals surface area contributed by atoms with Gasteiger partial charge in [-0.3, -0.25) is 0 Å². The van der Waals surface area contributed by atoms with Gasteiger partial charge in [0.15, 0.2) is 5.03 Å². The molecule has 0 radical (unpaired) electrons. The quantitative estimate of drug-likeness (QED) is 0.191. The second kappa shape index (κ2) is 10.7. The van der Waals surface area contributed by atoms with Gasteiger partial charge in [-0.15, -0.1) is 0 Å². The Balaban J connectivity index is 1.16. The molecule has 0 saturated heterocycles. The number of benzene rings is 5. The zero-order chi connectivity index (χ0) is 33.4. The summed E-state index contributed by atoms with van der Waals surface area (Å²) in [5.41, 5.74) is 11.4. The summed E-state index contributed by atoms with van der Waals surface area (Å²) in [6, 6.07) is 42.6. The molecule has 5 nitrogen and oxygen atoms in total. The van der Waals surface area contributed by atoms with Crippen molar-refractivity contribution in [3.05, 3.63) is 161 Å². The Morgan fingerprint density at radius 1 is 0.521 bits per heavy atom. The maximum atomic E-state index is 14.0. The van der Waals surface area contributed by atoms with E-state index in [1.165, 1.54) is 22.3 Å². The van der Waals surface area contributed by atoms with E-state index in [1.807, 2.05) is 43.3 Å². The Bertz CT molecular complexity index is 2240. The largest absolute Gasteiger partial charge is 0.310 e.